The smallest absolute Gasteiger partial charge is 0.334 e. The number of alkyl halides is 3. The lowest BCUT2D eigenvalue weighted by Gasteiger charge is -2.20. The van der Waals surface area contributed by atoms with Crippen molar-refractivity contribution in [3.8, 4) is 0 Å². The SMILES string of the molecule is CNS(=O)(=O)Cc1ccc(CNC(=O)N(C)Cc2ccccc2C(F)(F)F)cc1. The molecule has 2 amide bonds. The van der Waals surface area contributed by atoms with Crippen LogP contribution in [0.3, 0.4) is 0 Å². The molecule has 0 aliphatic carbocycles. The summed E-state index contributed by atoms with van der Waals surface area (Å²) in [5.41, 5.74) is 0.558. The Balaban J connectivity index is 1.94. The number of nitrogens with one attached hydrogen (secondary N) is 2. The highest BCUT2D eigenvalue weighted by Gasteiger charge is 2.33. The van der Waals surface area contributed by atoms with Crippen LogP contribution in [0.5, 0.6) is 0 Å². The number of carbonyl (C=O) groups is 1. The third-order valence-electron chi connectivity index (χ3n) is 4.21. The molecule has 2 N–H and O–H groups in total. The Kier molecular flexibility index (Phi) is 7.26. The lowest BCUT2D eigenvalue weighted by molar-refractivity contribution is -0.138. The van der Waals surface area contributed by atoms with E-state index < -0.39 is 27.8 Å². The monoisotopic (exact) mass is 429 g/mol. The summed E-state index contributed by atoms with van der Waals surface area (Å²) < 4.78 is 64.5. The molecule has 2 rings (SSSR count). The number of carbonyl (C=O) groups excluding carboxylic acids is 1. The number of sulfonamides is 1. The summed E-state index contributed by atoms with van der Waals surface area (Å²) in [7, 11) is -0.626. The largest absolute Gasteiger partial charge is 0.416 e. The van der Waals surface area contributed by atoms with Gasteiger partial charge < -0.3 is 10.2 Å². The molecule has 29 heavy (non-hydrogen) atoms. The number of benzene rings is 2. The van der Waals surface area contributed by atoms with Gasteiger partial charge in [0.15, 0.2) is 0 Å². The van der Waals surface area contributed by atoms with Gasteiger partial charge >= 0.3 is 12.2 Å². The van der Waals surface area contributed by atoms with E-state index in [9.17, 15) is 26.4 Å². The molecule has 10 heteroatoms. The van der Waals surface area contributed by atoms with E-state index in [0.717, 1.165) is 11.6 Å². The molecule has 0 aliphatic heterocycles. The number of hydrogen-bond acceptors (Lipinski definition) is 3. The van der Waals surface area contributed by atoms with Gasteiger partial charge in [0.1, 0.15) is 0 Å². The topological polar surface area (TPSA) is 78.5 Å². The van der Waals surface area contributed by atoms with E-state index in [1.54, 1.807) is 24.3 Å². The second-order valence-electron chi connectivity index (χ2n) is 6.45. The van der Waals surface area contributed by atoms with Crippen molar-refractivity contribution in [3.05, 3.63) is 70.8 Å². The summed E-state index contributed by atoms with van der Waals surface area (Å²) in [6.45, 7) is -0.0362. The second kappa shape index (κ2) is 9.27. The predicted octanol–water partition coefficient (Wildman–Crippen LogP) is 3.10. The van der Waals surface area contributed by atoms with E-state index in [2.05, 4.69) is 10.0 Å². The van der Waals surface area contributed by atoms with Crippen LogP contribution >= 0.6 is 0 Å². The molecule has 0 fully saturated rings. The summed E-state index contributed by atoms with van der Waals surface area (Å²) in [5.74, 6) is -0.155. The Labute approximate surface area is 167 Å². The van der Waals surface area contributed by atoms with Crippen molar-refractivity contribution in [1.29, 1.82) is 0 Å². The highest BCUT2D eigenvalue weighted by atomic mass is 32.2. The van der Waals surface area contributed by atoms with Crippen LogP contribution in [0.25, 0.3) is 0 Å². The van der Waals surface area contributed by atoms with Crippen LogP contribution in [-0.2, 0) is 35.0 Å². The van der Waals surface area contributed by atoms with Crippen LogP contribution in [0.2, 0.25) is 0 Å². The zero-order chi connectivity index (χ0) is 21.7. The van der Waals surface area contributed by atoms with Gasteiger partial charge in [-0.25, -0.2) is 17.9 Å². The van der Waals surface area contributed by atoms with Crippen molar-refractivity contribution in [1.82, 2.24) is 14.9 Å². The van der Waals surface area contributed by atoms with Crippen LogP contribution in [-0.4, -0.2) is 33.4 Å². The Hall–Kier alpha value is -2.59. The minimum Gasteiger partial charge on any atom is -0.334 e. The molecule has 0 saturated heterocycles. The van der Waals surface area contributed by atoms with E-state index in [0.29, 0.717) is 5.56 Å². The fourth-order valence-corrected chi connectivity index (χ4v) is 3.40. The molecular formula is C19H22F3N3O3S. The van der Waals surface area contributed by atoms with Crippen molar-refractivity contribution in [2.45, 2.75) is 25.0 Å². The van der Waals surface area contributed by atoms with Crippen molar-refractivity contribution < 1.29 is 26.4 Å². The van der Waals surface area contributed by atoms with Gasteiger partial charge in [0, 0.05) is 20.1 Å². The van der Waals surface area contributed by atoms with E-state index in [4.69, 9.17) is 0 Å². The van der Waals surface area contributed by atoms with Crippen LogP contribution in [0, 0.1) is 0 Å². The average Bonchev–Trinajstić information content (AvgIpc) is 2.66. The Bertz CT molecular complexity index is 945. The highest BCUT2D eigenvalue weighted by molar-refractivity contribution is 7.88. The third kappa shape index (κ3) is 6.75. The van der Waals surface area contributed by atoms with Crippen molar-refractivity contribution in [2.24, 2.45) is 0 Å². The minimum atomic E-state index is -4.49. The normalized spacial score (nSPS) is 11.9. The zero-order valence-electron chi connectivity index (χ0n) is 16.0. The molecule has 0 aromatic heterocycles. The van der Waals surface area contributed by atoms with E-state index >= 15 is 0 Å². The molecule has 0 heterocycles. The van der Waals surface area contributed by atoms with Crippen LogP contribution in [0.1, 0.15) is 22.3 Å². The molecule has 0 saturated carbocycles. The maximum absolute atomic E-state index is 13.1. The molecule has 2 aromatic rings. The lowest BCUT2D eigenvalue weighted by atomic mass is 10.1. The number of rotatable bonds is 7. The number of halogens is 3. The van der Waals surface area contributed by atoms with Crippen molar-refractivity contribution in [3.63, 3.8) is 0 Å². The lowest BCUT2D eigenvalue weighted by Crippen LogP contribution is -2.36. The van der Waals surface area contributed by atoms with Crippen LogP contribution in [0.4, 0.5) is 18.0 Å². The number of nitrogens with zero attached hydrogens (tertiary/aromatic N) is 1. The molecule has 0 radical (unpaired) electrons. The molecule has 0 atom stereocenters. The summed E-state index contributed by atoms with van der Waals surface area (Å²) in [6, 6.07) is 11.2. The van der Waals surface area contributed by atoms with E-state index in [-0.39, 0.29) is 24.4 Å². The quantitative estimate of drug-likeness (QED) is 0.710. The summed E-state index contributed by atoms with van der Waals surface area (Å²) >= 11 is 0. The van der Waals surface area contributed by atoms with Crippen LogP contribution < -0.4 is 10.0 Å². The van der Waals surface area contributed by atoms with Crippen molar-refractivity contribution in [2.75, 3.05) is 14.1 Å². The van der Waals surface area contributed by atoms with Gasteiger partial charge in [0.25, 0.3) is 0 Å². The van der Waals surface area contributed by atoms with Gasteiger partial charge in [-0.3, -0.25) is 0 Å². The molecule has 0 bridgehead atoms. The summed E-state index contributed by atoms with van der Waals surface area (Å²) in [4.78, 5) is 13.4. The van der Waals surface area contributed by atoms with Gasteiger partial charge in [-0.05, 0) is 29.8 Å². The average molecular weight is 429 g/mol. The molecule has 6 nitrogen and oxygen atoms in total. The fraction of sp³-hybridized carbons (Fsp3) is 0.316. The number of amides is 2. The first-order valence-electron chi connectivity index (χ1n) is 8.65. The second-order valence-corrected chi connectivity index (χ2v) is 8.38. The van der Waals surface area contributed by atoms with Crippen molar-refractivity contribution >= 4 is 16.1 Å². The molecule has 0 aliphatic rings. The van der Waals surface area contributed by atoms with Gasteiger partial charge in [0.2, 0.25) is 10.0 Å². The Morgan fingerprint density at radius 2 is 1.62 bits per heavy atom. The predicted molar refractivity (Wildman–Crippen MR) is 103 cm³/mol. The standard InChI is InChI=1S/C19H22F3N3O3S/c1-23-29(27,28)13-15-9-7-14(8-10-15)11-24-18(26)25(2)12-16-5-3-4-6-17(16)19(20,21)22/h3-10,23H,11-13H2,1-2H3,(H,24,26). The van der Waals surface area contributed by atoms with E-state index in [1.165, 1.54) is 37.2 Å². The molecule has 0 spiro atoms. The maximum atomic E-state index is 13.1. The molecular weight excluding hydrogens is 407 g/mol. The van der Waals surface area contributed by atoms with Gasteiger partial charge in [-0.1, -0.05) is 42.5 Å². The number of urea groups is 1. The minimum absolute atomic E-state index is 0.00717. The first kappa shape index (κ1) is 22.7. The van der Waals surface area contributed by atoms with E-state index in [1.807, 2.05) is 0 Å². The van der Waals surface area contributed by atoms with Crippen LogP contribution in [0.15, 0.2) is 48.5 Å². The first-order valence-corrected chi connectivity index (χ1v) is 10.3. The molecule has 158 valence electrons. The Morgan fingerprint density at radius 3 is 2.21 bits per heavy atom. The van der Waals surface area contributed by atoms with Gasteiger partial charge in [-0.2, -0.15) is 13.2 Å². The molecule has 0 unspecified atom stereocenters. The Morgan fingerprint density at radius 1 is 1.03 bits per heavy atom. The highest BCUT2D eigenvalue weighted by Crippen LogP contribution is 2.32. The van der Waals surface area contributed by atoms with Gasteiger partial charge in [-0.15, -0.1) is 0 Å². The molecule has 2 aromatic carbocycles. The summed E-state index contributed by atoms with van der Waals surface area (Å²) in [6.07, 6.45) is -4.49. The zero-order valence-corrected chi connectivity index (χ0v) is 16.8. The fourth-order valence-electron chi connectivity index (χ4n) is 2.62. The number of hydrogen-bond donors (Lipinski definition) is 2. The third-order valence-corrected chi connectivity index (χ3v) is 5.55. The first-order chi connectivity index (χ1) is 13.5. The van der Waals surface area contributed by atoms with Gasteiger partial charge in [0.05, 0.1) is 11.3 Å². The maximum Gasteiger partial charge on any atom is 0.416 e. The summed E-state index contributed by atoms with van der Waals surface area (Å²) in [5, 5.41) is 2.63.